The SMILES string of the molecule is c1cnn(-c2nc[nH]n2)c1. The molecule has 0 fully saturated rings. The maximum atomic E-state index is 3.93. The normalized spacial score (nSPS) is 10.0. The Morgan fingerprint density at radius 2 is 2.50 bits per heavy atom. The molecule has 0 amide bonds. The van der Waals surface area contributed by atoms with Gasteiger partial charge < -0.3 is 0 Å². The first kappa shape index (κ1) is 5.16. The molecule has 0 bridgehead atoms. The minimum Gasteiger partial charge on any atom is -0.264 e. The first-order valence-corrected chi connectivity index (χ1v) is 2.82. The predicted octanol–water partition coefficient (Wildman–Crippen LogP) is -0.00960. The minimum absolute atomic E-state index is 0.560. The molecule has 5 nitrogen and oxygen atoms in total. The van der Waals surface area contributed by atoms with Crippen LogP contribution in [0.5, 0.6) is 0 Å². The molecule has 2 aromatic rings. The van der Waals surface area contributed by atoms with Gasteiger partial charge in [-0.2, -0.15) is 10.1 Å². The molecule has 0 saturated heterocycles. The van der Waals surface area contributed by atoms with E-state index in [9.17, 15) is 0 Å². The molecule has 2 aromatic heterocycles. The molecule has 0 saturated carbocycles. The van der Waals surface area contributed by atoms with E-state index >= 15 is 0 Å². The Morgan fingerprint density at radius 1 is 1.50 bits per heavy atom. The number of nitrogens with zero attached hydrogens (tertiary/aromatic N) is 4. The monoisotopic (exact) mass is 135 g/mol. The molecule has 2 rings (SSSR count). The second-order valence-electron chi connectivity index (χ2n) is 1.75. The molecular weight excluding hydrogens is 130 g/mol. The number of aromatic nitrogens is 5. The van der Waals surface area contributed by atoms with Crippen molar-refractivity contribution >= 4 is 0 Å². The molecule has 50 valence electrons. The lowest BCUT2D eigenvalue weighted by Crippen LogP contribution is -1.95. The predicted molar refractivity (Wildman–Crippen MR) is 33.5 cm³/mol. The van der Waals surface area contributed by atoms with Crippen LogP contribution in [0.1, 0.15) is 0 Å². The Balaban J connectivity index is 2.48. The molecule has 5 heteroatoms. The number of hydrogen-bond donors (Lipinski definition) is 1. The van der Waals surface area contributed by atoms with Crippen molar-refractivity contribution < 1.29 is 0 Å². The molecule has 0 aliphatic rings. The third-order valence-corrected chi connectivity index (χ3v) is 1.11. The van der Waals surface area contributed by atoms with E-state index in [-0.39, 0.29) is 0 Å². The van der Waals surface area contributed by atoms with Crippen LogP contribution in [-0.4, -0.2) is 25.0 Å². The molecule has 0 aliphatic carbocycles. The summed E-state index contributed by atoms with van der Waals surface area (Å²) < 4.78 is 1.58. The van der Waals surface area contributed by atoms with Gasteiger partial charge in [-0.3, -0.25) is 5.10 Å². The third kappa shape index (κ3) is 0.680. The number of rotatable bonds is 1. The van der Waals surface area contributed by atoms with Gasteiger partial charge in [-0.05, 0) is 6.07 Å². The van der Waals surface area contributed by atoms with Crippen LogP contribution >= 0.6 is 0 Å². The van der Waals surface area contributed by atoms with E-state index in [4.69, 9.17) is 0 Å². The van der Waals surface area contributed by atoms with E-state index in [1.54, 1.807) is 17.1 Å². The van der Waals surface area contributed by atoms with Crippen molar-refractivity contribution in [3.63, 3.8) is 0 Å². The quantitative estimate of drug-likeness (QED) is 0.598. The lowest BCUT2D eigenvalue weighted by atomic mass is 10.7. The van der Waals surface area contributed by atoms with Crippen molar-refractivity contribution in [1.82, 2.24) is 25.0 Å². The van der Waals surface area contributed by atoms with Gasteiger partial charge in [-0.15, -0.1) is 5.10 Å². The highest BCUT2D eigenvalue weighted by Crippen LogP contribution is 1.92. The number of aromatic amines is 1. The summed E-state index contributed by atoms with van der Waals surface area (Å²) in [6, 6.07) is 1.82. The average Bonchev–Trinajstić information content (AvgIpc) is 2.59. The molecule has 2 heterocycles. The van der Waals surface area contributed by atoms with E-state index in [2.05, 4.69) is 20.3 Å². The minimum atomic E-state index is 0.560. The van der Waals surface area contributed by atoms with Gasteiger partial charge in [0.2, 0.25) is 0 Å². The summed E-state index contributed by atoms with van der Waals surface area (Å²) in [6.07, 6.45) is 4.97. The van der Waals surface area contributed by atoms with Crippen LogP contribution in [0.4, 0.5) is 0 Å². The van der Waals surface area contributed by atoms with Crippen LogP contribution in [-0.2, 0) is 0 Å². The highest BCUT2D eigenvalue weighted by molar-refractivity contribution is 5.03. The van der Waals surface area contributed by atoms with Gasteiger partial charge in [0.25, 0.3) is 5.95 Å². The second kappa shape index (κ2) is 1.94. The highest BCUT2D eigenvalue weighted by Gasteiger charge is 1.95. The summed E-state index contributed by atoms with van der Waals surface area (Å²) in [5.41, 5.74) is 0. The van der Waals surface area contributed by atoms with Gasteiger partial charge >= 0.3 is 0 Å². The van der Waals surface area contributed by atoms with E-state index in [1.807, 2.05) is 6.07 Å². The van der Waals surface area contributed by atoms with Crippen molar-refractivity contribution in [2.24, 2.45) is 0 Å². The molecule has 0 aliphatic heterocycles. The van der Waals surface area contributed by atoms with Crippen LogP contribution in [0.25, 0.3) is 5.95 Å². The Kier molecular flexibility index (Phi) is 1.00. The van der Waals surface area contributed by atoms with Crippen LogP contribution in [0.2, 0.25) is 0 Å². The smallest absolute Gasteiger partial charge is 0.264 e. The molecule has 0 unspecified atom stereocenters. The topological polar surface area (TPSA) is 59.4 Å². The van der Waals surface area contributed by atoms with Gasteiger partial charge in [0.15, 0.2) is 0 Å². The molecule has 10 heavy (non-hydrogen) atoms. The molecular formula is C5H5N5. The number of hydrogen-bond acceptors (Lipinski definition) is 3. The summed E-state index contributed by atoms with van der Waals surface area (Å²) >= 11 is 0. The van der Waals surface area contributed by atoms with Crippen molar-refractivity contribution in [3.8, 4) is 5.95 Å². The van der Waals surface area contributed by atoms with Crippen LogP contribution < -0.4 is 0 Å². The maximum absolute atomic E-state index is 3.93. The fraction of sp³-hybridized carbons (Fsp3) is 0. The largest absolute Gasteiger partial charge is 0.269 e. The molecule has 0 spiro atoms. The maximum Gasteiger partial charge on any atom is 0.269 e. The molecule has 0 aromatic carbocycles. The van der Waals surface area contributed by atoms with E-state index in [0.717, 1.165) is 0 Å². The Hall–Kier alpha value is -1.65. The lowest BCUT2D eigenvalue weighted by molar-refractivity contribution is 0.813. The first-order chi connectivity index (χ1) is 4.97. The molecule has 0 atom stereocenters. The summed E-state index contributed by atoms with van der Waals surface area (Å²) in [7, 11) is 0. The Morgan fingerprint density at radius 3 is 3.10 bits per heavy atom. The van der Waals surface area contributed by atoms with Crippen molar-refractivity contribution in [2.45, 2.75) is 0 Å². The Labute approximate surface area is 56.7 Å². The first-order valence-electron chi connectivity index (χ1n) is 2.82. The van der Waals surface area contributed by atoms with E-state index < -0.39 is 0 Å². The zero-order valence-corrected chi connectivity index (χ0v) is 5.10. The molecule has 1 N–H and O–H groups in total. The fourth-order valence-corrected chi connectivity index (χ4v) is 0.700. The fourth-order valence-electron chi connectivity index (χ4n) is 0.700. The van der Waals surface area contributed by atoms with Crippen LogP contribution in [0.15, 0.2) is 24.8 Å². The van der Waals surface area contributed by atoms with E-state index in [0.29, 0.717) is 5.95 Å². The average molecular weight is 135 g/mol. The van der Waals surface area contributed by atoms with E-state index in [1.165, 1.54) is 6.33 Å². The summed E-state index contributed by atoms with van der Waals surface area (Å²) in [5.74, 6) is 0.560. The Bertz CT molecular complexity index is 249. The van der Waals surface area contributed by atoms with Crippen molar-refractivity contribution in [1.29, 1.82) is 0 Å². The third-order valence-electron chi connectivity index (χ3n) is 1.11. The van der Waals surface area contributed by atoms with Gasteiger partial charge in [0.1, 0.15) is 6.33 Å². The van der Waals surface area contributed by atoms with Gasteiger partial charge in [-0.1, -0.05) is 0 Å². The van der Waals surface area contributed by atoms with Gasteiger partial charge in [0.05, 0.1) is 0 Å². The highest BCUT2D eigenvalue weighted by atomic mass is 15.4. The molecule has 0 radical (unpaired) electrons. The zero-order valence-electron chi connectivity index (χ0n) is 5.10. The number of H-pyrrole nitrogens is 1. The van der Waals surface area contributed by atoms with Crippen LogP contribution in [0.3, 0.4) is 0 Å². The number of nitrogens with one attached hydrogen (secondary N) is 1. The van der Waals surface area contributed by atoms with Gasteiger partial charge in [-0.25, -0.2) is 4.68 Å². The summed E-state index contributed by atoms with van der Waals surface area (Å²) in [6.45, 7) is 0. The summed E-state index contributed by atoms with van der Waals surface area (Å²) in [4.78, 5) is 3.89. The lowest BCUT2D eigenvalue weighted by Gasteiger charge is -1.88. The zero-order chi connectivity index (χ0) is 6.81. The second-order valence-corrected chi connectivity index (χ2v) is 1.75. The van der Waals surface area contributed by atoms with Gasteiger partial charge in [0, 0.05) is 12.4 Å². The van der Waals surface area contributed by atoms with Crippen LogP contribution in [0, 0.1) is 0 Å². The van der Waals surface area contributed by atoms with Crippen molar-refractivity contribution in [2.75, 3.05) is 0 Å². The standard InChI is InChI=1S/C5H5N5/c1-2-8-10(3-1)5-6-4-7-9-5/h1-4H,(H,6,7,9). The van der Waals surface area contributed by atoms with Crippen molar-refractivity contribution in [3.05, 3.63) is 24.8 Å². The summed E-state index contributed by atoms with van der Waals surface area (Å²) in [5, 5.41) is 10.3.